The summed E-state index contributed by atoms with van der Waals surface area (Å²) in [6.45, 7) is 2.65. The van der Waals surface area contributed by atoms with Gasteiger partial charge in [0.25, 0.3) is 11.5 Å². The zero-order chi connectivity index (χ0) is 23.7. The van der Waals surface area contributed by atoms with Crippen LogP contribution < -0.4 is 15.2 Å². The smallest absolute Gasteiger partial charge is 0.262 e. The van der Waals surface area contributed by atoms with E-state index in [1.807, 2.05) is 47.4 Å². The molecule has 0 atom stereocenters. The maximum Gasteiger partial charge on any atom is 0.262 e. The molecule has 0 radical (unpaired) electrons. The summed E-state index contributed by atoms with van der Waals surface area (Å²) in [6.07, 6.45) is 1.66. The number of rotatable bonds is 4. The van der Waals surface area contributed by atoms with Crippen molar-refractivity contribution in [3.8, 4) is 11.4 Å². The molecule has 5 rings (SSSR count). The monoisotopic (exact) mass is 473 g/mol. The quantitative estimate of drug-likeness (QED) is 0.434. The molecule has 1 aliphatic heterocycles. The fourth-order valence-electron chi connectivity index (χ4n) is 4.39. The van der Waals surface area contributed by atoms with E-state index in [2.05, 4.69) is 4.90 Å². The molecule has 1 aromatic heterocycles. The molecule has 0 saturated carbocycles. The Kier molecular flexibility index (Phi) is 5.99. The van der Waals surface area contributed by atoms with Crippen LogP contribution in [0.15, 0.2) is 83.8 Å². The molecule has 172 valence electrons. The van der Waals surface area contributed by atoms with Crippen molar-refractivity contribution >= 4 is 34.0 Å². The third-order valence-corrected chi connectivity index (χ3v) is 6.52. The second-order valence-corrected chi connectivity index (χ2v) is 8.65. The van der Waals surface area contributed by atoms with Gasteiger partial charge in [-0.15, -0.1) is 0 Å². The van der Waals surface area contributed by atoms with Crippen LogP contribution in [0.3, 0.4) is 0 Å². The number of carbonyl (C=O) groups is 1. The third-order valence-electron chi connectivity index (χ3n) is 6.26. The largest absolute Gasteiger partial charge is 0.497 e. The second kappa shape index (κ2) is 9.23. The highest BCUT2D eigenvalue weighted by molar-refractivity contribution is 6.30. The molecular formula is C27H24ClN3O3. The Hall–Kier alpha value is -3.77. The number of anilines is 1. The zero-order valence-electron chi connectivity index (χ0n) is 18.8. The van der Waals surface area contributed by atoms with Crippen molar-refractivity contribution in [2.45, 2.75) is 0 Å². The topological polar surface area (TPSA) is 54.8 Å². The molecule has 0 N–H and O–H groups in total. The highest BCUT2D eigenvalue weighted by atomic mass is 35.5. The number of carbonyl (C=O) groups excluding carboxylic acids is 1. The zero-order valence-corrected chi connectivity index (χ0v) is 19.5. The van der Waals surface area contributed by atoms with E-state index in [-0.39, 0.29) is 11.5 Å². The van der Waals surface area contributed by atoms with Crippen molar-refractivity contribution in [3.05, 3.63) is 99.9 Å². The van der Waals surface area contributed by atoms with Crippen molar-refractivity contribution < 1.29 is 9.53 Å². The number of amides is 1. The summed E-state index contributed by atoms with van der Waals surface area (Å²) < 4.78 is 6.77. The van der Waals surface area contributed by atoms with Crippen LogP contribution in [0.5, 0.6) is 5.75 Å². The molecule has 0 bridgehead atoms. The highest BCUT2D eigenvalue weighted by Gasteiger charge is 2.25. The van der Waals surface area contributed by atoms with Gasteiger partial charge in [0.15, 0.2) is 0 Å². The molecule has 1 aliphatic rings. The maximum absolute atomic E-state index is 13.6. The molecule has 4 aromatic rings. The van der Waals surface area contributed by atoms with E-state index in [0.717, 1.165) is 24.5 Å². The van der Waals surface area contributed by atoms with E-state index in [0.29, 0.717) is 40.1 Å². The van der Waals surface area contributed by atoms with Gasteiger partial charge in [0.05, 0.1) is 12.7 Å². The first-order chi connectivity index (χ1) is 16.5. The number of hydrogen-bond donors (Lipinski definition) is 0. The summed E-state index contributed by atoms with van der Waals surface area (Å²) >= 11 is 6.03. The number of fused-ring (bicyclic) bond motifs is 1. The van der Waals surface area contributed by atoms with Crippen LogP contribution in [0.1, 0.15) is 10.4 Å². The van der Waals surface area contributed by atoms with Crippen LogP contribution in [0.4, 0.5) is 5.69 Å². The molecule has 34 heavy (non-hydrogen) atoms. The van der Waals surface area contributed by atoms with Crippen LogP contribution in [0.2, 0.25) is 5.02 Å². The fraction of sp³-hybridized carbons (Fsp3) is 0.185. The Morgan fingerprint density at radius 3 is 2.09 bits per heavy atom. The van der Waals surface area contributed by atoms with Gasteiger partial charge in [-0.25, -0.2) is 0 Å². The minimum Gasteiger partial charge on any atom is -0.497 e. The van der Waals surface area contributed by atoms with E-state index in [4.69, 9.17) is 16.3 Å². The van der Waals surface area contributed by atoms with Gasteiger partial charge in [0.1, 0.15) is 5.75 Å². The van der Waals surface area contributed by atoms with Gasteiger partial charge in [0, 0.05) is 59.5 Å². The third kappa shape index (κ3) is 4.13. The number of nitrogens with zero attached hydrogens (tertiary/aromatic N) is 3. The summed E-state index contributed by atoms with van der Waals surface area (Å²) in [7, 11) is 1.65. The maximum atomic E-state index is 13.6. The van der Waals surface area contributed by atoms with E-state index < -0.39 is 0 Å². The minimum absolute atomic E-state index is 0.0757. The average molecular weight is 474 g/mol. The number of pyridine rings is 1. The van der Waals surface area contributed by atoms with Gasteiger partial charge in [0.2, 0.25) is 0 Å². The molecule has 2 heterocycles. The Balaban J connectivity index is 1.44. The molecule has 0 spiro atoms. The van der Waals surface area contributed by atoms with Crippen molar-refractivity contribution in [1.82, 2.24) is 9.47 Å². The first-order valence-corrected chi connectivity index (χ1v) is 11.5. The van der Waals surface area contributed by atoms with Crippen LogP contribution in [-0.4, -0.2) is 48.7 Å². The van der Waals surface area contributed by atoms with Crippen molar-refractivity contribution in [2.75, 3.05) is 38.2 Å². The molecular weight excluding hydrogens is 450 g/mol. The van der Waals surface area contributed by atoms with Gasteiger partial charge in [-0.05, 0) is 54.6 Å². The molecule has 1 saturated heterocycles. The standard InChI is InChI=1S/C27H24ClN3O3/c1-34-22-12-10-20(11-13-22)29-14-16-30(17-15-29)26(32)25-18-31(21-8-6-19(28)7-9-21)27(33)24-5-3-2-4-23(24)25/h2-13,18H,14-17H2,1H3. The van der Waals surface area contributed by atoms with Gasteiger partial charge < -0.3 is 14.5 Å². The lowest BCUT2D eigenvalue weighted by Gasteiger charge is -2.36. The SMILES string of the molecule is COc1ccc(N2CCN(C(=O)c3cn(-c4ccc(Cl)cc4)c(=O)c4ccccc34)CC2)cc1. The molecule has 6 nitrogen and oxygen atoms in total. The van der Waals surface area contributed by atoms with Crippen molar-refractivity contribution in [2.24, 2.45) is 0 Å². The first kappa shape index (κ1) is 22.0. The molecule has 1 amide bonds. The average Bonchev–Trinajstić information content (AvgIpc) is 2.89. The lowest BCUT2D eigenvalue weighted by atomic mass is 10.1. The number of halogens is 1. The number of aromatic nitrogens is 1. The minimum atomic E-state index is -0.168. The fourth-order valence-corrected chi connectivity index (χ4v) is 4.51. The summed E-state index contributed by atoms with van der Waals surface area (Å²) in [4.78, 5) is 31.0. The number of piperazine rings is 1. The van der Waals surface area contributed by atoms with Gasteiger partial charge >= 0.3 is 0 Å². The van der Waals surface area contributed by atoms with E-state index in [1.54, 1.807) is 43.6 Å². The Morgan fingerprint density at radius 1 is 0.824 bits per heavy atom. The van der Waals surface area contributed by atoms with Crippen LogP contribution in [0, 0.1) is 0 Å². The first-order valence-electron chi connectivity index (χ1n) is 11.1. The van der Waals surface area contributed by atoms with Crippen LogP contribution >= 0.6 is 11.6 Å². The van der Waals surface area contributed by atoms with Gasteiger partial charge in [-0.1, -0.05) is 29.8 Å². The molecule has 1 fully saturated rings. The number of methoxy groups -OCH3 is 1. The normalized spacial score (nSPS) is 13.8. The Labute approximate surface area is 202 Å². The predicted molar refractivity (Wildman–Crippen MR) is 136 cm³/mol. The Morgan fingerprint density at radius 2 is 1.44 bits per heavy atom. The number of ether oxygens (including phenoxy) is 1. The van der Waals surface area contributed by atoms with Crippen LogP contribution in [-0.2, 0) is 0 Å². The van der Waals surface area contributed by atoms with E-state index >= 15 is 0 Å². The summed E-state index contributed by atoms with van der Waals surface area (Å²) in [5.74, 6) is 0.744. The molecule has 0 unspecified atom stereocenters. The second-order valence-electron chi connectivity index (χ2n) is 8.22. The van der Waals surface area contributed by atoms with Crippen molar-refractivity contribution in [1.29, 1.82) is 0 Å². The van der Waals surface area contributed by atoms with Gasteiger partial charge in [-0.2, -0.15) is 0 Å². The lowest BCUT2D eigenvalue weighted by Crippen LogP contribution is -2.49. The summed E-state index contributed by atoms with van der Waals surface area (Å²) in [5.41, 5.74) is 2.12. The van der Waals surface area contributed by atoms with Crippen molar-refractivity contribution in [3.63, 3.8) is 0 Å². The van der Waals surface area contributed by atoms with Gasteiger partial charge in [-0.3, -0.25) is 14.2 Å². The summed E-state index contributed by atoms with van der Waals surface area (Å²) in [5, 5.41) is 1.77. The molecule has 7 heteroatoms. The van der Waals surface area contributed by atoms with E-state index in [1.165, 1.54) is 4.57 Å². The van der Waals surface area contributed by atoms with E-state index in [9.17, 15) is 9.59 Å². The molecule has 0 aliphatic carbocycles. The molecule has 3 aromatic carbocycles. The number of benzene rings is 3. The highest BCUT2D eigenvalue weighted by Crippen LogP contribution is 2.23. The lowest BCUT2D eigenvalue weighted by molar-refractivity contribution is 0.0748. The predicted octanol–water partition coefficient (Wildman–Crippen LogP) is 4.62. The number of hydrogen-bond acceptors (Lipinski definition) is 4. The Bertz CT molecular complexity index is 1390. The van der Waals surface area contributed by atoms with Crippen LogP contribution in [0.25, 0.3) is 16.5 Å². The summed E-state index contributed by atoms with van der Waals surface area (Å²) in [6, 6.07) is 22.3.